The molecule has 0 radical (unpaired) electrons. The molecule has 6 nitrogen and oxygen atoms in total. The summed E-state index contributed by atoms with van der Waals surface area (Å²) in [5, 5.41) is 0. The number of unbranched alkanes of at least 4 members (excludes halogenated alkanes) is 30. The summed E-state index contributed by atoms with van der Waals surface area (Å²) < 4.78 is 17.7. The molecule has 69 heavy (non-hydrogen) atoms. The zero-order chi connectivity index (χ0) is 50.5. The van der Waals surface area contributed by atoms with Crippen molar-refractivity contribution in [2.75, 3.05) is 33.0 Å². The number of carbonyl (C=O) groups excluding carboxylic acids is 3. The average molecular weight is 976 g/mol. The van der Waals surface area contributed by atoms with E-state index in [4.69, 9.17) is 14.2 Å². The molecule has 6 heteroatoms. The Kier molecular flexibility index (Phi) is 53.8. The Bertz CT molecular complexity index is 1020. The van der Waals surface area contributed by atoms with Gasteiger partial charge in [0.05, 0.1) is 13.2 Å². The van der Waals surface area contributed by atoms with Gasteiger partial charge in [0.2, 0.25) is 0 Å². The first-order valence-corrected chi connectivity index (χ1v) is 31.0. The third kappa shape index (κ3) is 53.0. The van der Waals surface area contributed by atoms with Crippen molar-refractivity contribution < 1.29 is 28.6 Å². The first-order valence-electron chi connectivity index (χ1n) is 31.0. The second-order valence-electron chi connectivity index (χ2n) is 22.5. The van der Waals surface area contributed by atoms with E-state index in [0.29, 0.717) is 19.3 Å². The summed E-state index contributed by atoms with van der Waals surface area (Å²) in [5.74, 6) is 2.96. The lowest BCUT2D eigenvalue weighted by Gasteiger charge is -2.18. The molecule has 0 aliphatic rings. The fraction of sp³-hybridized carbons (Fsp3) is 0.952. The SMILES string of the molecule is CCCCCCC(C)CCCCCCCCCCC(=O)COCC(COCC(=O)CCCCCCCCCCC(C)CCCCCC)OCC(=O)CCCCCCCCCCC(C)CCCCCC. The molecule has 0 rings (SSSR count). The molecule has 3 unspecified atom stereocenters. The van der Waals surface area contributed by atoms with Crippen LogP contribution in [0.2, 0.25) is 0 Å². The van der Waals surface area contributed by atoms with Crippen LogP contribution >= 0.6 is 0 Å². The molecule has 0 spiro atoms. The molecule has 3 atom stereocenters. The highest BCUT2D eigenvalue weighted by Gasteiger charge is 2.16. The van der Waals surface area contributed by atoms with Gasteiger partial charge in [-0.15, -0.1) is 0 Å². The maximum atomic E-state index is 12.8. The van der Waals surface area contributed by atoms with Gasteiger partial charge in [-0.1, -0.05) is 292 Å². The lowest BCUT2D eigenvalue weighted by molar-refractivity contribution is -0.135. The molecule has 0 fully saturated rings. The van der Waals surface area contributed by atoms with E-state index in [1.54, 1.807) is 0 Å². The van der Waals surface area contributed by atoms with Gasteiger partial charge in [0.1, 0.15) is 25.9 Å². The van der Waals surface area contributed by atoms with Crippen molar-refractivity contribution in [2.45, 2.75) is 337 Å². The Labute approximate surface area is 431 Å². The van der Waals surface area contributed by atoms with Crippen molar-refractivity contribution >= 4 is 17.3 Å². The zero-order valence-corrected chi connectivity index (χ0v) is 47.6. The second-order valence-corrected chi connectivity index (χ2v) is 22.5. The number of carbonyl (C=O) groups is 3. The van der Waals surface area contributed by atoms with Gasteiger partial charge in [-0.3, -0.25) is 14.4 Å². The number of rotatable bonds is 59. The van der Waals surface area contributed by atoms with Crippen molar-refractivity contribution in [3.8, 4) is 0 Å². The first kappa shape index (κ1) is 67.9. The maximum Gasteiger partial charge on any atom is 0.158 e. The highest BCUT2D eigenvalue weighted by molar-refractivity contribution is 5.80. The summed E-state index contributed by atoms with van der Waals surface area (Å²) in [5.41, 5.74) is 0. The second kappa shape index (κ2) is 54.7. The third-order valence-electron chi connectivity index (χ3n) is 15.0. The molecule has 0 aromatic rings. The molecule has 0 amide bonds. The third-order valence-corrected chi connectivity index (χ3v) is 15.0. The number of hydrogen-bond donors (Lipinski definition) is 0. The van der Waals surface area contributed by atoms with E-state index in [0.717, 1.165) is 56.3 Å². The van der Waals surface area contributed by atoms with Crippen LogP contribution in [0, 0.1) is 17.8 Å². The Hall–Kier alpha value is -1.11. The van der Waals surface area contributed by atoms with Crippen molar-refractivity contribution in [3.63, 3.8) is 0 Å². The predicted octanol–water partition coefficient (Wildman–Crippen LogP) is 19.6. The van der Waals surface area contributed by atoms with Gasteiger partial charge in [-0.05, 0) is 37.0 Å². The van der Waals surface area contributed by atoms with Gasteiger partial charge in [-0.25, -0.2) is 0 Å². The first-order chi connectivity index (χ1) is 33.7. The van der Waals surface area contributed by atoms with Crippen LogP contribution in [-0.4, -0.2) is 56.5 Å². The molecule has 0 aromatic heterocycles. The van der Waals surface area contributed by atoms with Crippen molar-refractivity contribution in [3.05, 3.63) is 0 Å². The van der Waals surface area contributed by atoms with Crippen LogP contribution in [0.25, 0.3) is 0 Å². The molecule has 0 aliphatic carbocycles. The van der Waals surface area contributed by atoms with Crippen LogP contribution in [0.15, 0.2) is 0 Å². The fourth-order valence-electron chi connectivity index (χ4n) is 10.00. The highest BCUT2D eigenvalue weighted by atomic mass is 16.6. The number of ketones is 3. The van der Waals surface area contributed by atoms with Crippen LogP contribution < -0.4 is 0 Å². The van der Waals surface area contributed by atoms with Gasteiger partial charge >= 0.3 is 0 Å². The summed E-state index contributed by atoms with van der Waals surface area (Å²) in [6.45, 7) is 14.6. The van der Waals surface area contributed by atoms with E-state index in [1.165, 1.54) is 231 Å². The Morgan fingerprint density at radius 1 is 0.290 bits per heavy atom. The predicted molar refractivity (Wildman–Crippen MR) is 299 cm³/mol. The summed E-state index contributed by atoms with van der Waals surface area (Å²) in [7, 11) is 0. The van der Waals surface area contributed by atoms with E-state index in [-0.39, 0.29) is 50.4 Å². The smallest absolute Gasteiger partial charge is 0.158 e. The number of ether oxygens (including phenoxy) is 3. The standard InChI is InChI=1S/C63H122O6/c1-7-10-13-34-43-57(4)46-37-28-22-16-19-25-31-40-49-60(64)52-67-55-63(69-54-62(66)51-42-33-27-21-18-24-30-39-48-59(6)45-36-15-12-9-3)56-68-53-61(65)50-41-32-26-20-17-23-29-38-47-58(5)44-35-14-11-8-2/h57-59,63H,7-56H2,1-6H3. The lowest BCUT2D eigenvalue weighted by atomic mass is 9.96. The minimum atomic E-state index is -0.485. The van der Waals surface area contributed by atoms with Crippen LogP contribution in [0.1, 0.15) is 330 Å². The molecule has 0 heterocycles. The van der Waals surface area contributed by atoms with Crippen LogP contribution in [0.4, 0.5) is 0 Å². The minimum Gasteiger partial charge on any atom is -0.371 e. The highest BCUT2D eigenvalue weighted by Crippen LogP contribution is 2.21. The van der Waals surface area contributed by atoms with Crippen molar-refractivity contribution in [1.82, 2.24) is 0 Å². The Morgan fingerprint density at radius 2 is 0.507 bits per heavy atom. The largest absolute Gasteiger partial charge is 0.371 e. The Morgan fingerprint density at radius 3 is 0.768 bits per heavy atom. The van der Waals surface area contributed by atoms with Crippen molar-refractivity contribution in [2.24, 2.45) is 17.8 Å². The van der Waals surface area contributed by atoms with E-state index in [1.807, 2.05) is 0 Å². The molecule has 0 aromatic carbocycles. The molecule has 0 bridgehead atoms. The number of Topliss-reactive ketones (excluding diaryl/α,β-unsaturated/α-hetero) is 3. The summed E-state index contributed by atoms with van der Waals surface area (Å²) >= 11 is 0. The molecule has 0 saturated carbocycles. The van der Waals surface area contributed by atoms with E-state index < -0.39 is 6.10 Å². The fourth-order valence-corrected chi connectivity index (χ4v) is 10.00. The van der Waals surface area contributed by atoms with Gasteiger partial charge in [0, 0.05) is 19.3 Å². The van der Waals surface area contributed by atoms with Crippen LogP contribution in [0.5, 0.6) is 0 Å². The van der Waals surface area contributed by atoms with E-state index >= 15 is 0 Å². The summed E-state index contributed by atoms with van der Waals surface area (Å²) in [4.78, 5) is 38.2. The maximum absolute atomic E-state index is 12.8. The van der Waals surface area contributed by atoms with Gasteiger partial charge in [0.25, 0.3) is 0 Å². The van der Waals surface area contributed by atoms with Crippen molar-refractivity contribution in [1.29, 1.82) is 0 Å². The van der Waals surface area contributed by atoms with Gasteiger partial charge < -0.3 is 14.2 Å². The lowest BCUT2D eigenvalue weighted by Crippen LogP contribution is -2.30. The molecular weight excluding hydrogens is 853 g/mol. The molecule has 0 aliphatic heterocycles. The minimum absolute atomic E-state index is 0.0206. The summed E-state index contributed by atoms with van der Waals surface area (Å²) in [6, 6.07) is 0. The van der Waals surface area contributed by atoms with E-state index in [9.17, 15) is 14.4 Å². The molecule has 410 valence electrons. The quantitative estimate of drug-likeness (QED) is 0.0565. The van der Waals surface area contributed by atoms with Crippen LogP contribution in [0.3, 0.4) is 0 Å². The number of hydrogen-bond acceptors (Lipinski definition) is 6. The van der Waals surface area contributed by atoms with E-state index in [2.05, 4.69) is 41.5 Å². The zero-order valence-electron chi connectivity index (χ0n) is 47.6. The molecule has 0 N–H and O–H groups in total. The molecule has 0 saturated heterocycles. The summed E-state index contributed by atoms with van der Waals surface area (Å²) in [6.07, 6.45) is 55.4. The topological polar surface area (TPSA) is 78.9 Å². The average Bonchev–Trinajstić information content (AvgIpc) is 3.33. The van der Waals surface area contributed by atoms with Crippen LogP contribution in [-0.2, 0) is 28.6 Å². The molecular formula is C63H122O6. The van der Waals surface area contributed by atoms with Gasteiger partial charge in [-0.2, -0.15) is 0 Å². The normalized spacial score (nSPS) is 13.5. The van der Waals surface area contributed by atoms with Gasteiger partial charge in [0.15, 0.2) is 17.3 Å². The Balaban J connectivity index is 4.37. The monoisotopic (exact) mass is 975 g/mol.